The summed E-state index contributed by atoms with van der Waals surface area (Å²) in [6.07, 6.45) is 8.55. The van der Waals surface area contributed by atoms with Crippen LogP contribution >= 0.6 is 0 Å². The van der Waals surface area contributed by atoms with Gasteiger partial charge in [0.25, 0.3) is 0 Å². The maximum atomic E-state index is 11.2. The number of ether oxygens (including phenoxy) is 2. The monoisotopic (exact) mass is 423 g/mol. The predicted octanol–water partition coefficient (Wildman–Crippen LogP) is 3.32. The zero-order valence-corrected chi connectivity index (χ0v) is 19.7. The number of hydrogen-bond donors (Lipinski definition) is 2. The normalized spacial score (nSPS) is 48.3. The number of likely N-dealkylation sites (N-methyl/N-ethyl adjacent to an activating group) is 1. The third kappa shape index (κ3) is 4.10. The summed E-state index contributed by atoms with van der Waals surface area (Å²) < 4.78 is 11.9. The molecule has 0 heterocycles. The fourth-order valence-corrected chi connectivity index (χ4v) is 8.01. The van der Waals surface area contributed by atoms with Crippen LogP contribution < -0.4 is 0 Å². The summed E-state index contributed by atoms with van der Waals surface area (Å²) >= 11 is 0. The molecule has 9 atom stereocenters. The van der Waals surface area contributed by atoms with Crippen molar-refractivity contribution in [2.24, 2.45) is 34.5 Å². The Morgan fingerprint density at radius 2 is 1.57 bits per heavy atom. The third-order valence-electron chi connectivity index (χ3n) is 9.85. The molecule has 174 valence electrons. The first-order valence-electron chi connectivity index (χ1n) is 12.5. The van der Waals surface area contributed by atoms with Crippen LogP contribution in [0.25, 0.3) is 0 Å². The molecule has 5 nitrogen and oxygen atoms in total. The molecule has 0 aliphatic heterocycles. The number of aliphatic hydroxyl groups is 2. The van der Waals surface area contributed by atoms with Gasteiger partial charge in [-0.25, -0.2) is 0 Å². The number of nitrogens with zero attached hydrogens (tertiary/aromatic N) is 1. The summed E-state index contributed by atoms with van der Waals surface area (Å²) in [5.41, 5.74) is 0.302. The van der Waals surface area contributed by atoms with E-state index in [0.717, 1.165) is 58.1 Å². The van der Waals surface area contributed by atoms with Gasteiger partial charge in [-0.1, -0.05) is 13.8 Å². The molecule has 0 unspecified atom stereocenters. The highest BCUT2D eigenvalue weighted by molar-refractivity contribution is 5.11. The van der Waals surface area contributed by atoms with Crippen molar-refractivity contribution in [3.05, 3.63) is 0 Å². The molecule has 0 amide bonds. The van der Waals surface area contributed by atoms with Crippen LogP contribution in [0.2, 0.25) is 0 Å². The molecule has 2 N–H and O–H groups in total. The Balaban J connectivity index is 1.34. The van der Waals surface area contributed by atoms with Crippen LogP contribution in [0.15, 0.2) is 0 Å². The highest BCUT2D eigenvalue weighted by Gasteiger charge is 2.62. The lowest BCUT2D eigenvalue weighted by atomic mass is 9.44. The Morgan fingerprint density at radius 3 is 2.33 bits per heavy atom. The van der Waals surface area contributed by atoms with Gasteiger partial charge in [-0.3, -0.25) is 0 Å². The van der Waals surface area contributed by atoms with Crippen LogP contribution in [0.5, 0.6) is 0 Å². The van der Waals surface area contributed by atoms with Gasteiger partial charge in [0.15, 0.2) is 0 Å². The van der Waals surface area contributed by atoms with Gasteiger partial charge in [-0.05, 0) is 100.0 Å². The van der Waals surface area contributed by atoms with E-state index in [1.54, 1.807) is 0 Å². The molecule has 4 aliphatic carbocycles. The van der Waals surface area contributed by atoms with Crippen molar-refractivity contribution in [2.45, 2.75) is 83.5 Å². The van der Waals surface area contributed by atoms with Crippen LogP contribution in [0.4, 0.5) is 0 Å². The second kappa shape index (κ2) is 8.97. The van der Waals surface area contributed by atoms with E-state index in [9.17, 15) is 10.2 Å². The summed E-state index contributed by atoms with van der Waals surface area (Å²) in [6.45, 7) is 7.78. The standard InChI is InChI=1S/C25H45NO4/c1-24-9-7-17(30-14-13-29-12-11-26(3)4)15-21(24)22(27)16-18-19-5-6-23(28)25(19,2)10-8-20(18)24/h17-23,27-28H,5-16H2,1-4H3/t17-,18-,19-,20-,21+,22+,23-,24+,25-/m0/s1. The maximum absolute atomic E-state index is 11.2. The fourth-order valence-electron chi connectivity index (χ4n) is 8.01. The van der Waals surface area contributed by atoms with Gasteiger partial charge in [-0.2, -0.15) is 0 Å². The highest BCUT2D eigenvalue weighted by Crippen LogP contribution is 2.66. The minimum Gasteiger partial charge on any atom is -0.393 e. The molecule has 4 aliphatic rings. The zero-order chi connectivity index (χ0) is 21.5. The Hall–Kier alpha value is -0.200. The van der Waals surface area contributed by atoms with Crippen molar-refractivity contribution in [1.82, 2.24) is 4.90 Å². The van der Waals surface area contributed by atoms with Crippen LogP contribution in [-0.2, 0) is 9.47 Å². The van der Waals surface area contributed by atoms with Gasteiger partial charge < -0.3 is 24.6 Å². The minimum absolute atomic E-state index is 0.0803. The quantitative estimate of drug-likeness (QED) is 0.615. The molecule has 0 radical (unpaired) electrons. The lowest BCUT2D eigenvalue weighted by Crippen LogP contribution is -2.58. The van der Waals surface area contributed by atoms with E-state index in [1.807, 2.05) is 0 Å². The van der Waals surface area contributed by atoms with Crippen LogP contribution in [0.3, 0.4) is 0 Å². The lowest BCUT2D eigenvalue weighted by molar-refractivity contribution is -0.180. The van der Waals surface area contributed by atoms with Crippen molar-refractivity contribution in [2.75, 3.05) is 40.5 Å². The van der Waals surface area contributed by atoms with Gasteiger partial charge in [0.05, 0.1) is 38.1 Å². The maximum Gasteiger partial charge on any atom is 0.0704 e. The first-order valence-corrected chi connectivity index (χ1v) is 12.5. The first-order chi connectivity index (χ1) is 14.3. The van der Waals surface area contributed by atoms with E-state index in [1.165, 1.54) is 6.42 Å². The molecular weight excluding hydrogens is 378 g/mol. The molecule has 0 bridgehead atoms. The Morgan fingerprint density at radius 1 is 0.833 bits per heavy atom. The second-order valence-electron chi connectivity index (χ2n) is 11.6. The van der Waals surface area contributed by atoms with E-state index >= 15 is 0 Å². The predicted molar refractivity (Wildman–Crippen MR) is 118 cm³/mol. The average Bonchev–Trinajstić information content (AvgIpc) is 3.00. The van der Waals surface area contributed by atoms with Crippen molar-refractivity contribution < 1.29 is 19.7 Å². The Kier molecular flexibility index (Phi) is 6.87. The number of rotatable bonds is 7. The topological polar surface area (TPSA) is 62.2 Å². The number of hydrogen-bond acceptors (Lipinski definition) is 5. The molecule has 0 spiro atoms. The van der Waals surface area contributed by atoms with Crippen LogP contribution in [0.1, 0.15) is 65.2 Å². The summed E-state index contributed by atoms with van der Waals surface area (Å²) in [5.74, 6) is 2.22. The second-order valence-corrected chi connectivity index (χ2v) is 11.6. The van der Waals surface area contributed by atoms with Gasteiger partial charge in [-0.15, -0.1) is 0 Å². The molecule has 5 heteroatoms. The summed E-state index contributed by atoms with van der Waals surface area (Å²) in [4.78, 5) is 2.13. The molecule has 30 heavy (non-hydrogen) atoms. The zero-order valence-electron chi connectivity index (χ0n) is 19.7. The largest absolute Gasteiger partial charge is 0.393 e. The summed E-state index contributed by atoms with van der Waals surface area (Å²) in [7, 11) is 4.11. The molecule has 4 rings (SSSR count). The fraction of sp³-hybridized carbons (Fsp3) is 1.00. The molecule has 4 fully saturated rings. The lowest BCUT2D eigenvalue weighted by Gasteiger charge is -2.62. The molecule has 0 saturated heterocycles. The van der Waals surface area contributed by atoms with E-state index in [4.69, 9.17) is 9.47 Å². The molecule has 0 aromatic rings. The summed E-state index contributed by atoms with van der Waals surface area (Å²) in [5, 5.41) is 21.9. The Bertz CT molecular complexity index is 585. The highest BCUT2D eigenvalue weighted by atomic mass is 16.5. The van der Waals surface area contributed by atoms with Crippen LogP contribution in [0, 0.1) is 34.5 Å². The van der Waals surface area contributed by atoms with Crippen molar-refractivity contribution in [3.8, 4) is 0 Å². The Labute approximate surface area is 183 Å². The first kappa shape index (κ1) is 23.0. The van der Waals surface area contributed by atoms with E-state index in [-0.39, 0.29) is 29.1 Å². The van der Waals surface area contributed by atoms with E-state index in [2.05, 4.69) is 32.8 Å². The molecule has 0 aromatic carbocycles. The van der Waals surface area contributed by atoms with Gasteiger partial charge in [0.1, 0.15) is 0 Å². The molecule has 0 aromatic heterocycles. The SMILES string of the molecule is CN(C)CCOCCO[C@H]1CC[C@@]2(C)[C@H](C1)[C@H](O)C[C@@H]1[C@@H]2CC[C@]2(C)[C@@H](O)CC[C@@H]12. The van der Waals surface area contributed by atoms with Crippen LogP contribution in [-0.4, -0.2) is 73.9 Å². The van der Waals surface area contributed by atoms with Crippen molar-refractivity contribution in [3.63, 3.8) is 0 Å². The number of fused-ring (bicyclic) bond motifs is 5. The van der Waals surface area contributed by atoms with Gasteiger partial charge in [0, 0.05) is 6.54 Å². The van der Waals surface area contributed by atoms with Crippen molar-refractivity contribution in [1.29, 1.82) is 0 Å². The summed E-state index contributed by atoms with van der Waals surface area (Å²) in [6, 6.07) is 0. The van der Waals surface area contributed by atoms with Crippen molar-refractivity contribution >= 4 is 0 Å². The third-order valence-corrected chi connectivity index (χ3v) is 9.85. The smallest absolute Gasteiger partial charge is 0.0704 e. The minimum atomic E-state index is -0.223. The van der Waals surface area contributed by atoms with E-state index < -0.39 is 0 Å². The van der Waals surface area contributed by atoms with Gasteiger partial charge in [0.2, 0.25) is 0 Å². The molecular formula is C25H45NO4. The van der Waals surface area contributed by atoms with E-state index in [0.29, 0.717) is 36.9 Å². The average molecular weight is 424 g/mol. The number of aliphatic hydroxyl groups excluding tert-OH is 2. The molecule has 4 saturated carbocycles. The van der Waals surface area contributed by atoms with Gasteiger partial charge >= 0.3 is 0 Å².